The number of hydrogen-bond donors (Lipinski definition) is 2. The molecule has 0 saturated heterocycles. The van der Waals surface area contributed by atoms with Gasteiger partial charge in [0.05, 0.1) is 11.6 Å². The van der Waals surface area contributed by atoms with Crippen LogP contribution in [-0.4, -0.2) is 15.0 Å². The second-order valence-electron chi connectivity index (χ2n) is 5.73. The van der Waals surface area contributed by atoms with Gasteiger partial charge in [-0.25, -0.2) is 0 Å². The van der Waals surface area contributed by atoms with Crippen LogP contribution in [0.3, 0.4) is 0 Å². The molecule has 2 N–H and O–H groups in total. The van der Waals surface area contributed by atoms with Gasteiger partial charge < -0.3 is 10.6 Å². The number of benzene rings is 2. The second-order valence-corrected chi connectivity index (χ2v) is 6.55. The molecule has 6 nitrogen and oxygen atoms in total. The lowest BCUT2D eigenvalue weighted by atomic mass is 10.1. The minimum atomic E-state index is 0.355. The summed E-state index contributed by atoms with van der Waals surface area (Å²) in [5.41, 5.74) is 2.08. The average molecular weight is 411 g/mol. The molecule has 0 saturated carbocycles. The van der Waals surface area contributed by atoms with E-state index in [2.05, 4.69) is 31.7 Å². The zero-order valence-corrected chi connectivity index (χ0v) is 16.5. The van der Waals surface area contributed by atoms with E-state index in [-0.39, 0.29) is 0 Å². The number of nitrogens with one attached hydrogen (secondary N) is 2. The topological polar surface area (TPSA) is 86.5 Å². The van der Waals surface area contributed by atoms with Gasteiger partial charge in [-0.05, 0) is 55.1 Å². The van der Waals surface area contributed by atoms with Crippen LogP contribution in [0.15, 0.2) is 54.7 Å². The molecular formula is C20H16Cl2N6. The molecule has 3 rings (SSSR count). The van der Waals surface area contributed by atoms with Crippen molar-refractivity contribution < 1.29 is 0 Å². The molecule has 0 aliphatic carbocycles. The first kappa shape index (κ1) is 19.6. The number of nitriles is 1. The van der Waals surface area contributed by atoms with Gasteiger partial charge in [-0.3, -0.25) is 0 Å². The van der Waals surface area contributed by atoms with E-state index in [9.17, 15) is 0 Å². The largest absolute Gasteiger partial charge is 0.331 e. The molecule has 28 heavy (non-hydrogen) atoms. The lowest BCUT2D eigenvalue weighted by Gasteiger charge is -2.10. The minimum Gasteiger partial charge on any atom is -0.331 e. The van der Waals surface area contributed by atoms with E-state index >= 15 is 0 Å². The molecule has 0 unspecified atom stereocenters. The molecule has 140 valence electrons. The van der Waals surface area contributed by atoms with E-state index in [0.717, 1.165) is 11.3 Å². The van der Waals surface area contributed by atoms with Crippen molar-refractivity contribution in [3.8, 4) is 6.07 Å². The fourth-order valence-electron chi connectivity index (χ4n) is 2.39. The number of allylic oxidation sites excluding steroid dienone is 1. The minimum absolute atomic E-state index is 0.355. The summed E-state index contributed by atoms with van der Waals surface area (Å²) in [6.07, 6.45) is 3.92. The van der Waals surface area contributed by atoms with Crippen LogP contribution in [0.2, 0.25) is 10.0 Å². The van der Waals surface area contributed by atoms with E-state index in [1.165, 1.54) is 0 Å². The lowest BCUT2D eigenvalue weighted by Crippen LogP contribution is -2.08. The maximum Gasteiger partial charge on any atom is 0.232 e. The molecule has 1 aromatic heterocycles. The lowest BCUT2D eigenvalue weighted by molar-refractivity contribution is 0.931. The molecule has 0 aliphatic rings. The fraction of sp³-hybridized carbons (Fsp3) is 0.100. The van der Waals surface area contributed by atoms with E-state index < -0.39 is 0 Å². The van der Waals surface area contributed by atoms with Crippen molar-refractivity contribution >= 4 is 40.8 Å². The van der Waals surface area contributed by atoms with Crippen molar-refractivity contribution in [1.29, 1.82) is 5.26 Å². The summed E-state index contributed by atoms with van der Waals surface area (Å²) in [6.45, 7) is 1.88. The van der Waals surface area contributed by atoms with Crippen molar-refractivity contribution in [2.75, 3.05) is 10.6 Å². The molecule has 0 atom stereocenters. The maximum absolute atomic E-state index is 8.92. The summed E-state index contributed by atoms with van der Waals surface area (Å²) in [5.74, 6) is 1.26. The first-order chi connectivity index (χ1) is 13.6. The normalized spacial score (nSPS) is 10.6. The molecule has 1 heterocycles. The smallest absolute Gasteiger partial charge is 0.232 e. The van der Waals surface area contributed by atoms with E-state index in [1.54, 1.807) is 48.7 Å². The van der Waals surface area contributed by atoms with Gasteiger partial charge in [0.1, 0.15) is 5.82 Å². The first-order valence-corrected chi connectivity index (χ1v) is 9.17. The van der Waals surface area contributed by atoms with Crippen LogP contribution >= 0.6 is 23.2 Å². The summed E-state index contributed by atoms with van der Waals surface area (Å²) in [6, 6.07) is 14.4. The van der Waals surface area contributed by atoms with Crippen LogP contribution < -0.4 is 10.6 Å². The van der Waals surface area contributed by atoms with E-state index in [1.807, 2.05) is 13.0 Å². The molecule has 0 spiro atoms. The molecule has 2 aromatic carbocycles. The van der Waals surface area contributed by atoms with Crippen molar-refractivity contribution in [3.63, 3.8) is 0 Å². The van der Waals surface area contributed by atoms with Crippen molar-refractivity contribution in [3.05, 3.63) is 81.7 Å². The molecule has 0 amide bonds. The van der Waals surface area contributed by atoms with Crippen molar-refractivity contribution in [1.82, 2.24) is 15.0 Å². The summed E-state index contributed by atoms with van der Waals surface area (Å²) in [7, 11) is 0. The fourth-order valence-corrected chi connectivity index (χ4v) is 2.92. The first-order valence-electron chi connectivity index (χ1n) is 8.42. The van der Waals surface area contributed by atoms with Gasteiger partial charge in [0.2, 0.25) is 11.9 Å². The van der Waals surface area contributed by atoms with Gasteiger partial charge in [-0.2, -0.15) is 20.2 Å². The Kier molecular flexibility index (Phi) is 6.43. The third kappa shape index (κ3) is 4.97. The highest BCUT2D eigenvalue weighted by molar-refractivity contribution is 6.36. The molecule has 0 radical (unpaired) electrons. The molecule has 0 bridgehead atoms. The molecule has 0 aliphatic heterocycles. The van der Waals surface area contributed by atoms with Gasteiger partial charge in [0, 0.05) is 22.2 Å². The quantitative estimate of drug-likeness (QED) is 0.570. The Morgan fingerprint density at radius 1 is 1.00 bits per heavy atom. The van der Waals surface area contributed by atoms with Crippen molar-refractivity contribution in [2.45, 2.75) is 13.3 Å². The Morgan fingerprint density at radius 3 is 2.32 bits per heavy atom. The number of aromatic nitrogens is 3. The Labute approximate surface area is 172 Å². The Morgan fingerprint density at radius 2 is 1.68 bits per heavy atom. The highest BCUT2D eigenvalue weighted by Gasteiger charge is 2.12. The predicted octanol–water partition coefficient (Wildman–Crippen LogP) is 5.33. The average Bonchev–Trinajstić information content (AvgIpc) is 2.70. The Hall–Kier alpha value is -3.14. The van der Waals surface area contributed by atoms with E-state index in [0.29, 0.717) is 39.8 Å². The number of nitrogens with zero attached hydrogens (tertiary/aromatic N) is 4. The van der Waals surface area contributed by atoms with Crippen molar-refractivity contribution in [2.24, 2.45) is 0 Å². The molecule has 0 fully saturated rings. The number of hydrogen-bond acceptors (Lipinski definition) is 6. The third-order valence-electron chi connectivity index (χ3n) is 3.73. The van der Waals surface area contributed by atoms with Gasteiger partial charge in [0.25, 0.3) is 0 Å². The number of anilines is 3. The predicted molar refractivity (Wildman–Crippen MR) is 112 cm³/mol. The number of halogens is 2. The summed E-state index contributed by atoms with van der Waals surface area (Å²) >= 11 is 12.6. The summed E-state index contributed by atoms with van der Waals surface area (Å²) in [5, 5.41) is 16.2. The summed E-state index contributed by atoms with van der Waals surface area (Å²) < 4.78 is 0. The molecule has 8 heteroatoms. The summed E-state index contributed by atoms with van der Waals surface area (Å²) in [4.78, 5) is 13.3. The highest BCUT2D eigenvalue weighted by Crippen LogP contribution is 2.26. The Balaban J connectivity index is 1.93. The SMILES string of the molecule is C/C=C/Nc1nc(Cc2c(Cl)cccc2Cl)nc(Nc2ccc(C#N)cc2)n1. The van der Waals surface area contributed by atoms with Crippen LogP contribution in [0.1, 0.15) is 23.9 Å². The zero-order valence-electron chi connectivity index (χ0n) is 14.9. The van der Waals surface area contributed by atoms with Crippen LogP contribution in [0, 0.1) is 11.3 Å². The van der Waals surface area contributed by atoms with Crippen LogP contribution in [-0.2, 0) is 6.42 Å². The highest BCUT2D eigenvalue weighted by atomic mass is 35.5. The van der Waals surface area contributed by atoms with Gasteiger partial charge in [0.15, 0.2) is 0 Å². The van der Waals surface area contributed by atoms with Gasteiger partial charge >= 0.3 is 0 Å². The number of rotatable bonds is 6. The third-order valence-corrected chi connectivity index (χ3v) is 4.44. The second kappa shape index (κ2) is 9.18. The van der Waals surface area contributed by atoms with Crippen LogP contribution in [0.5, 0.6) is 0 Å². The monoisotopic (exact) mass is 410 g/mol. The van der Waals surface area contributed by atoms with Crippen LogP contribution in [0.25, 0.3) is 0 Å². The standard InChI is InChI=1S/C20H16Cl2N6/c1-2-10-24-19-26-18(11-15-16(21)4-3-5-17(15)22)27-20(28-19)25-14-8-6-13(12-23)7-9-14/h2-10H,11H2,1H3,(H2,24,25,26,27,28)/b10-2+. The van der Waals surface area contributed by atoms with Gasteiger partial charge in [-0.15, -0.1) is 0 Å². The Bertz CT molecular complexity index is 1020. The van der Waals surface area contributed by atoms with Crippen LogP contribution in [0.4, 0.5) is 17.6 Å². The zero-order chi connectivity index (χ0) is 19.9. The van der Waals surface area contributed by atoms with E-state index in [4.69, 9.17) is 28.5 Å². The molecule has 3 aromatic rings. The molecular weight excluding hydrogens is 395 g/mol. The maximum atomic E-state index is 8.92. The van der Waals surface area contributed by atoms with Gasteiger partial charge in [-0.1, -0.05) is 35.3 Å².